The van der Waals surface area contributed by atoms with Crippen LogP contribution in [0.5, 0.6) is 0 Å². The number of morpholine rings is 1. The van der Waals surface area contributed by atoms with Crippen LogP contribution < -0.4 is 15.5 Å². The average molecular weight is 599 g/mol. The van der Waals surface area contributed by atoms with E-state index in [2.05, 4.69) is 20.5 Å². The summed E-state index contributed by atoms with van der Waals surface area (Å²) in [5.41, 5.74) is 1.01. The predicted octanol–water partition coefficient (Wildman–Crippen LogP) is 3.66. The van der Waals surface area contributed by atoms with Crippen LogP contribution in [0.4, 0.5) is 25.3 Å². The summed E-state index contributed by atoms with van der Waals surface area (Å²) in [5, 5.41) is 6.56. The van der Waals surface area contributed by atoms with E-state index in [0.29, 0.717) is 67.9 Å². The van der Waals surface area contributed by atoms with Gasteiger partial charge >= 0.3 is 6.09 Å². The number of carbonyl (C=O) groups is 2. The summed E-state index contributed by atoms with van der Waals surface area (Å²) in [6, 6.07) is 8.26. The van der Waals surface area contributed by atoms with Crippen molar-refractivity contribution in [1.29, 1.82) is 0 Å². The molecule has 43 heavy (non-hydrogen) atoms. The molecule has 0 spiro atoms. The minimum Gasteiger partial charge on any atom is -0.453 e. The van der Waals surface area contributed by atoms with Gasteiger partial charge in [0.2, 0.25) is 11.9 Å². The fourth-order valence-electron chi connectivity index (χ4n) is 6.22. The van der Waals surface area contributed by atoms with Crippen LogP contribution in [0.1, 0.15) is 50.8 Å². The number of hydrogen-bond acceptors (Lipinski definition) is 9. The Morgan fingerprint density at radius 3 is 2.44 bits per heavy atom. The first kappa shape index (κ1) is 29.0. The number of ether oxygens (including phenoxy) is 2. The van der Waals surface area contributed by atoms with Gasteiger partial charge in [-0.25, -0.2) is 18.6 Å². The molecule has 1 atom stereocenters. The number of benzene rings is 1. The number of para-hydroxylation sites is 2. The summed E-state index contributed by atoms with van der Waals surface area (Å²) >= 11 is 0. The summed E-state index contributed by atoms with van der Waals surface area (Å²) in [5.74, 6) is 0.775. The van der Waals surface area contributed by atoms with E-state index in [-0.39, 0.29) is 23.8 Å². The third kappa shape index (κ3) is 6.19. The third-order valence-corrected chi connectivity index (χ3v) is 8.42. The van der Waals surface area contributed by atoms with Gasteiger partial charge in [0.15, 0.2) is 5.82 Å². The Labute approximate surface area is 247 Å². The largest absolute Gasteiger partial charge is 0.453 e. The Balaban J connectivity index is 1.19. The van der Waals surface area contributed by atoms with Crippen molar-refractivity contribution < 1.29 is 27.8 Å². The van der Waals surface area contributed by atoms with Crippen molar-refractivity contribution in [2.24, 2.45) is 0 Å². The molecule has 6 rings (SSSR count). The maximum Gasteiger partial charge on any atom is 0.410 e. The Hall–Kier alpha value is -4.07. The van der Waals surface area contributed by atoms with Gasteiger partial charge in [0.1, 0.15) is 17.7 Å². The monoisotopic (exact) mass is 598 g/mol. The molecule has 0 radical (unpaired) electrons. The predicted molar refractivity (Wildman–Crippen MR) is 155 cm³/mol. The fraction of sp³-hybridized carbons (Fsp3) is 0.552. The number of alkyl halides is 2. The van der Waals surface area contributed by atoms with Crippen molar-refractivity contribution >= 4 is 34.8 Å². The molecule has 3 fully saturated rings. The van der Waals surface area contributed by atoms with E-state index >= 15 is 0 Å². The Morgan fingerprint density at radius 1 is 0.977 bits per heavy atom. The molecule has 0 unspecified atom stereocenters. The van der Waals surface area contributed by atoms with E-state index in [1.54, 1.807) is 30.3 Å². The quantitative estimate of drug-likeness (QED) is 0.419. The molecule has 4 heterocycles. The summed E-state index contributed by atoms with van der Waals surface area (Å²) in [7, 11) is 1.32. The number of methoxy groups -OCH3 is 1. The van der Waals surface area contributed by atoms with Gasteiger partial charge < -0.3 is 25.0 Å². The van der Waals surface area contributed by atoms with Gasteiger partial charge in [0, 0.05) is 37.8 Å². The van der Waals surface area contributed by atoms with Crippen molar-refractivity contribution in [3.05, 3.63) is 36.2 Å². The van der Waals surface area contributed by atoms with Crippen molar-refractivity contribution in [2.75, 3.05) is 50.2 Å². The molecule has 2 saturated heterocycles. The van der Waals surface area contributed by atoms with E-state index < -0.39 is 18.6 Å². The molecule has 14 heteroatoms. The second kappa shape index (κ2) is 12.7. The van der Waals surface area contributed by atoms with E-state index in [1.807, 2.05) is 0 Å². The Kier molecular flexibility index (Phi) is 8.54. The van der Waals surface area contributed by atoms with Crippen LogP contribution in [-0.2, 0) is 14.3 Å². The number of carbonyl (C=O) groups excluding carboxylic acids is 2. The first-order valence-electron chi connectivity index (χ1n) is 14.8. The van der Waals surface area contributed by atoms with Crippen LogP contribution in [0.3, 0.4) is 0 Å². The smallest absolute Gasteiger partial charge is 0.410 e. The SMILES string of the molecule is COC(=O)N1CCC[C@@H]1C(=O)N[C@H]1CC[C@H](Nc2nc(N3CCOCC3)cc(-n3c(C(F)F)nc4ccccc43)n2)CC1. The van der Waals surface area contributed by atoms with Crippen LogP contribution in [-0.4, -0.2) is 94.5 Å². The zero-order valence-corrected chi connectivity index (χ0v) is 24.0. The average Bonchev–Trinajstić information content (AvgIpc) is 3.68. The summed E-state index contributed by atoms with van der Waals surface area (Å²) < 4.78 is 40.1. The molecule has 1 aromatic carbocycles. The van der Waals surface area contributed by atoms with E-state index in [1.165, 1.54) is 16.6 Å². The molecule has 3 aliphatic rings. The number of nitrogens with zero attached hydrogens (tertiary/aromatic N) is 6. The second-order valence-corrected chi connectivity index (χ2v) is 11.1. The first-order valence-corrected chi connectivity index (χ1v) is 14.8. The molecule has 1 aliphatic carbocycles. The lowest BCUT2D eigenvalue weighted by Gasteiger charge is -2.32. The number of fused-ring (bicyclic) bond motifs is 1. The summed E-state index contributed by atoms with van der Waals surface area (Å²) in [6.45, 7) is 2.86. The number of anilines is 2. The van der Waals surface area contributed by atoms with Gasteiger partial charge in [-0.15, -0.1) is 0 Å². The molecule has 230 valence electrons. The molecule has 2 amide bonds. The van der Waals surface area contributed by atoms with Crippen LogP contribution in [0, 0.1) is 0 Å². The van der Waals surface area contributed by atoms with E-state index in [9.17, 15) is 18.4 Å². The van der Waals surface area contributed by atoms with Crippen LogP contribution in [0.2, 0.25) is 0 Å². The number of amides is 2. The molecule has 0 bridgehead atoms. The van der Waals surface area contributed by atoms with Gasteiger partial charge in [-0.2, -0.15) is 9.97 Å². The minimum absolute atomic E-state index is 0.00674. The topological polar surface area (TPSA) is 127 Å². The van der Waals surface area contributed by atoms with Gasteiger partial charge in [0.25, 0.3) is 6.43 Å². The highest BCUT2D eigenvalue weighted by Crippen LogP contribution is 2.30. The summed E-state index contributed by atoms with van der Waals surface area (Å²) in [6.07, 6.45) is 1.12. The van der Waals surface area contributed by atoms with Gasteiger partial charge in [-0.3, -0.25) is 14.3 Å². The lowest BCUT2D eigenvalue weighted by molar-refractivity contribution is -0.126. The highest BCUT2D eigenvalue weighted by Gasteiger charge is 2.36. The zero-order chi connectivity index (χ0) is 29.9. The van der Waals surface area contributed by atoms with Gasteiger partial charge in [-0.1, -0.05) is 12.1 Å². The first-order chi connectivity index (χ1) is 20.9. The van der Waals surface area contributed by atoms with Crippen LogP contribution in [0.25, 0.3) is 16.9 Å². The maximum atomic E-state index is 14.2. The number of rotatable bonds is 7. The van der Waals surface area contributed by atoms with Crippen LogP contribution >= 0.6 is 0 Å². The number of imidazole rings is 1. The second-order valence-electron chi connectivity index (χ2n) is 11.1. The number of hydrogen-bond donors (Lipinski definition) is 2. The van der Waals surface area contributed by atoms with Crippen molar-refractivity contribution in [3.8, 4) is 5.82 Å². The van der Waals surface area contributed by atoms with Crippen molar-refractivity contribution in [1.82, 2.24) is 29.7 Å². The normalized spacial score (nSPS) is 22.7. The van der Waals surface area contributed by atoms with Crippen molar-refractivity contribution in [3.63, 3.8) is 0 Å². The number of nitrogens with one attached hydrogen (secondary N) is 2. The highest BCUT2D eigenvalue weighted by atomic mass is 19.3. The number of aromatic nitrogens is 4. The molecular formula is C29H36F2N8O4. The number of halogens is 2. The van der Waals surface area contributed by atoms with E-state index in [0.717, 1.165) is 32.1 Å². The molecule has 12 nitrogen and oxygen atoms in total. The zero-order valence-electron chi connectivity index (χ0n) is 24.0. The number of likely N-dealkylation sites (tertiary alicyclic amines) is 1. The summed E-state index contributed by atoms with van der Waals surface area (Å²) in [4.78, 5) is 42.2. The van der Waals surface area contributed by atoms with Crippen molar-refractivity contribution in [2.45, 2.75) is 63.1 Å². The van der Waals surface area contributed by atoms with Gasteiger partial charge in [-0.05, 0) is 50.7 Å². The van der Waals surface area contributed by atoms with Gasteiger partial charge in [0.05, 0.1) is 31.4 Å². The standard InChI is InChI=1S/C29H36F2N8O4/c1-42-29(41)38-12-4-7-22(38)27(40)32-18-8-10-19(11-9-18)33-28-35-23(37-13-15-43-16-14-37)17-24(36-28)39-21-6-3-2-5-20(21)34-26(39)25(30)31/h2-3,5-6,17-19,22,25H,4,7-16H2,1H3,(H,32,40)(H,33,35,36)/t18-,19-,22-/m1/s1. The molecular weight excluding hydrogens is 562 g/mol. The molecule has 2 N–H and O–H groups in total. The highest BCUT2D eigenvalue weighted by molar-refractivity contribution is 5.86. The van der Waals surface area contributed by atoms with E-state index in [4.69, 9.17) is 19.4 Å². The minimum atomic E-state index is -2.79. The fourth-order valence-corrected chi connectivity index (χ4v) is 6.22. The molecule has 1 saturated carbocycles. The lowest BCUT2D eigenvalue weighted by atomic mass is 9.91. The Bertz CT molecular complexity index is 1460. The van der Waals surface area contributed by atoms with Crippen LogP contribution in [0.15, 0.2) is 30.3 Å². The maximum absolute atomic E-state index is 14.2. The Morgan fingerprint density at radius 2 is 1.70 bits per heavy atom. The molecule has 3 aromatic rings. The molecule has 2 aliphatic heterocycles. The third-order valence-electron chi connectivity index (χ3n) is 8.42. The lowest BCUT2D eigenvalue weighted by Crippen LogP contribution is -2.50. The molecule has 2 aromatic heterocycles.